The van der Waals surface area contributed by atoms with Gasteiger partial charge in [-0.2, -0.15) is 0 Å². The van der Waals surface area contributed by atoms with Gasteiger partial charge in [-0.25, -0.2) is 0 Å². The third kappa shape index (κ3) is 3.28. The molecular weight excluding hydrogens is 266 g/mol. The molecular formula is C17H17NO3. The number of ether oxygens (including phenoxy) is 1. The molecule has 0 fully saturated rings. The van der Waals surface area contributed by atoms with Crippen molar-refractivity contribution in [2.75, 3.05) is 0 Å². The van der Waals surface area contributed by atoms with Gasteiger partial charge < -0.3 is 4.74 Å². The number of nitrogens with zero attached hydrogens (tertiary/aromatic N) is 1. The van der Waals surface area contributed by atoms with E-state index in [1.807, 2.05) is 32.9 Å². The normalized spacial score (nSPS) is 10.2. The number of allylic oxidation sites excluding steroid dienone is 1. The van der Waals surface area contributed by atoms with Crippen molar-refractivity contribution in [3.8, 4) is 11.5 Å². The first kappa shape index (κ1) is 14.8. The van der Waals surface area contributed by atoms with E-state index in [1.165, 1.54) is 12.1 Å². The highest BCUT2D eigenvalue weighted by atomic mass is 16.6. The summed E-state index contributed by atoms with van der Waals surface area (Å²) in [5, 5.41) is 10.6. The maximum atomic E-state index is 10.6. The minimum absolute atomic E-state index is 0.0490. The zero-order valence-electron chi connectivity index (χ0n) is 12.3. The number of aryl methyl sites for hydroxylation is 2. The van der Waals surface area contributed by atoms with Crippen molar-refractivity contribution in [1.82, 2.24) is 0 Å². The molecule has 21 heavy (non-hydrogen) atoms. The maximum absolute atomic E-state index is 10.6. The smallest absolute Gasteiger partial charge is 0.269 e. The number of hydrogen-bond acceptors (Lipinski definition) is 3. The zero-order valence-corrected chi connectivity index (χ0v) is 12.3. The quantitative estimate of drug-likeness (QED) is 0.583. The SMILES string of the molecule is C=C(C)c1cc(C)c(Oc2ccc([N+](=O)[O-])cc2)cc1C. The summed E-state index contributed by atoms with van der Waals surface area (Å²) >= 11 is 0. The molecule has 4 nitrogen and oxygen atoms in total. The molecule has 0 aliphatic rings. The number of hydrogen-bond donors (Lipinski definition) is 0. The standard InChI is InChI=1S/C17H17NO3/c1-11(2)16-9-13(4)17(10-12(16)3)21-15-7-5-14(6-8-15)18(19)20/h5-10H,1H2,2-4H3. The number of rotatable bonds is 4. The monoisotopic (exact) mass is 283 g/mol. The lowest BCUT2D eigenvalue weighted by molar-refractivity contribution is -0.384. The van der Waals surface area contributed by atoms with E-state index in [0.29, 0.717) is 5.75 Å². The fourth-order valence-corrected chi connectivity index (χ4v) is 2.12. The molecule has 0 aliphatic carbocycles. The maximum Gasteiger partial charge on any atom is 0.269 e. The summed E-state index contributed by atoms with van der Waals surface area (Å²) in [4.78, 5) is 10.2. The Morgan fingerprint density at radius 1 is 1.14 bits per heavy atom. The summed E-state index contributed by atoms with van der Waals surface area (Å²) in [6.45, 7) is 9.90. The largest absolute Gasteiger partial charge is 0.457 e. The van der Waals surface area contributed by atoms with Crippen molar-refractivity contribution in [1.29, 1.82) is 0 Å². The summed E-state index contributed by atoms with van der Waals surface area (Å²) in [7, 11) is 0. The molecule has 2 rings (SSSR count). The van der Waals surface area contributed by atoms with Gasteiger partial charge in [-0.15, -0.1) is 0 Å². The predicted octanol–water partition coefficient (Wildman–Crippen LogP) is 5.04. The molecule has 4 heteroatoms. The second-order valence-corrected chi connectivity index (χ2v) is 5.07. The molecule has 2 aromatic rings. The second kappa shape index (κ2) is 5.79. The summed E-state index contributed by atoms with van der Waals surface area (Å²) < 4.78 is 5.81. The Morgan fingerprint density at radius 3 is 2.29 bits per heavy atom. The van der Waals surface area contributed by atoms with E-state index in [2.05, 4.69) is 6.58 Å². The van der Waals surface area contributed by atoms with E-state index < -0.39 is 4.92 Å². The van der Waals surface area contributed by atoms with Gasteiger partial charge in [-0.05, 0) is 61.7 Å². The Balaban J connectivity index is 2.29. The molecule has 0 saturated heterocycles. The van der Waals surface area contributed by atoms with Crippen LogP contribution in [0.4, 0.5) is 5.69 Å². The highest BCUT2D eigenvalue weighted by molar-refractivity contribution is 5.66. The van der Waals surface area contributed by atoms with Crippen LogP contribution in [0.25, 0.3) is 5.57 Å². The lowest BCUT2D eigenvalue weighted by Crippen LogP contribution is -1.93. The zero-order chi connectivity index (χ0) is 15.6. The van der Waals surface area contributed by atoms with Gasteiger partial charge in [0.1, 0.15) is 11.5 Å². The van der Waals surface area contributed by atoms with E-state index in [0.717, 1.165) is 28.0 Å². The van der Waals surface area contributed by atoms with Crippen molar-refractivity contribution in [3.05, 3.63) is 69.8 Å². The van der Waals surface area contributed by atoms with Crippen molar-refractivity contribution < 1.29 is 9.66 Å². The number of non-ortho nitro benzene ring substituents is 1. The number of nitro groups is 1. The van der Waals surface area contributed by atoms with Gasteiger partial charge in [0.15, 0.2) is 0 Å². The van der Waals surface area contributed by atoms with E-state index in [4.69, 9.17) is 4.74 Å². The van der Waals surface area contributed by atoms with E-state index in [1.54, 1.807) is 12.1 Å². The van der Waals surface area contributed by atoms with Crippen LogP contribution in [-0.4, -0.2) is 4.92 Å². The van der Waals surface area contributed by atoms with Gasteiger partial charge in [-0.3, -0.25) is 10.1 Å². The van der Waals surface area contributed by atoms with E-state index >= 15 is 0 Å². The van der Waals surface area contributed by atoms with E-state index in [9.17, 15) is 10.1 Å². The Labute approximate surface area is 123 Å². The number of benzene rings is 2. The van der Waals surface area contributed by atoms with Gasteiger partial charge in [0.05, 0.1) is 4.92 Å². The first-order chi connectivity index (χ1) is 9.88. The van der Waals surface area contributed by atoms with Gasteiger partial charge in [0, 0.05) is 12.1 Å². The first-order valence-corrected chi connectivity index (χ1v) is 6.58. The van der Waals surface area contributed by atoms with Crippen LogP contribution in [0.2, 0.25) is 0 Å². The van der Waals surface area contributed by atoms with Gasteiger partial charge in [0.2, 0.25) is 0 Å². The van der Waals surface area contributed by atoms with Crippen LogP contribution >= 0.6 is 0 Å². The molecule has 0 N–H and O–H groups in total. The molecule has 0 bridgehead atoms. The Hall–Kier alpha value is -2.62. The van der Waals surface area contributed by atoms with Crippen LogP contribution in [0.3, 0.4) is 0 Å². The molecule has 0 amide bonds. The van der Waals surface area contributed by atoms with Crippen LogP contribution in [0.1, 0.15) is 23.6 Å². The third-order valence-electron chi connectivity index (χ3n) is 3.26. The lowest BCUT2D eigenvalue weighted by Gasteiger charge is -2.13. The molecule has 0 atom stereocenters. The van der Waals surface area contributed by atoms with Crippen LogP contribution in [0, 0.1) is 24.0 Å². The van der Waals surface area contributed by atoms with Gasteiger partial charge in [0.25, 0.3) is 5.69 Å². The molecule has 0 aromatic heterocycles. The minimum atomic E-state index is -0.430. The Kier molecular flexibility index (Phi) is 4.08. The molecule has 108 valence electrons. The predicted molar refractivity (Wildman–Crippen MR) is 83.8 cm³/mol. The summed E-state index contributed by atoms with van der Waals surface area (Å²) in [5.41, 5.74) is 4.26. The summed E-state index contributed by atoms with van der Waals surface area (Å²) in [6, 6.07) is 10.1. The lowest BCUT2D eigenvalue weighted by atomic mass is 10.00. The highest BCUT2D eigenvalue weighted by Crippen LogP contribution is 2.30. The minimum Gasteiger partial charge on any atom is -0.457 e. The summed E-state index contributed by atoms with van der Waals surface area (Å²) in [6.07, 6.45) is 0. The third-order valence-corrected chi connectivity index (χ3v) is 3.26. The van der Waals surface area contributed by atoms with Crippen LogP contribution < -0.4 is 4.74 Å². The molecule has 2 aromatic carbocycles. The molecule has 0 aliphatic heterocycles. The van der Waals surface area contributed by atoms with Crippen LogP contribution in [0.5, 0.6) is 11.5 Å². The topological polar surface area (TPSA) is 52.4 Å². The fourth-order valence-electron chi connectivity index (χ4n) is 2.12. The fraction of sp³-hybridized carbons (Fsp3) is 0.176. The molecule has 0 unspecified atom stereocenters. The van der Waals surface area contributed by atoms with Crippen molar-refractivity contribution in [2.45, 2.75) is 20.8 Å². The molecule has 0 saturated carbocycles. The molecule has 0 radical (unpaired) electrons. The Bertz CT molecular complexity index is 703. The summed E-state index contributed by atoms with van der Waals surface area (Å²) in [5.74, 6) is 1.32. The van der Waals surface area contributed by atoms with Crippen molar-refractivity contribution >= 4 is 11.3 Å². The second-order valence-electron chi connectivity index (χ2n) is 5.07. The van der Waals surface area contributed by atoms with Gasteiger partial charge >= 0.3 is 0 Å². The average molecular weight is 283 g/mol. The Morgan fingerprint density at radius 2 is 1.76 bits per heavy atom. The average Bonchev–Trinajstić information content (AvgIpc) is 2.42. The van der Waals surface area contributed by atoms with Crippen molar-refractivity contribution in [2.24, 2.45) is 0 Å². The van der Waals surface area contributed by atoms with Crippen LogP contribution in [0.15, 0.2) is 43.0 Å². The van der Waals surface area contributed by atoms with Crippen LogP contribution in [-0.2, 0) is 0 Å². The van der Waals surface area contributed by atoms with E-state index in [-0.39, 0.29) is 5.69 Å². The highest BCUT2D eigenvalue weighted by Gasteiger charge is 2.09. The molecule has 0 spiro atoms. The number of nitro benzene ring substituents is 1. The van der Waals surface area contributed by atoms with Gasteiger partial charge in [-0.1, -0.05) is 12.2 Å². The van der Waals surface area contributed by atoms with Crippen molar-refractivity contribution in [3.63, 3.8) is 0 Å². The first-order valence-electron chi connectivity index (χ1n) is 6.58. The molecule has 0 heterocycles.